The third-order valence-electron chi connectivity index (χ3n) is 6.02. The molecule has 2 nitrogen and oxygen atoms in total. The van der Waals surface area contributed by atoms with Gasteiger partial charge in [-0.1, -0.05) is 52.0 Å². The number of nitrogens with zero attached hydrogens (tertiary/aromatic N) is 2. The summed E-state index contributed by atoms with van der Waals surface area (Å²) in [6, 6.07) is 11.5. The molecule has 0 N–H and O–H groups in total. The van der Waals surface area contributed by atoms with Crippen molar-refractivity contribution in [2.75, 3.05) is 0 Å². The van der Waals surface area contributed by atoms with E-state index in [2.05, 4.69) is 82.8 Å². The standard InChI is InChI=1S/C26H31N2/c1-7-18-9-11-21-22-12-10-19(8-2)17(5)24(22)26-25(23(21)14-18)27-20(13-16(3)4)15-28(26)6/h9-12,14-16H,7-8,13H2,1-6H3/q+1. The average molecular weight is 372 g/mol. The van der Waals surface area contributed by atoms with Gasteiger partial charge in [0.25, 0.3) is 0 Å². The number of hydrogen-bond acceptors (Lipinski definition) is 1. The van der Waals surface area contributed by atoms with E-state index in [1.807, 2.05) is 0 Å². The number of fused-ring (bicyclic) bond motifs is 6. The van der Waals surface area contributed by atoms with Crippen LogP contribution in [0.2, 0.25) is 0 Å². The van der Waals surface area contributed by atoms with Crippen LogP contribution in [0, 0.1) is 12.8 Å². The Bertz CT molecular complexity index is 1200. The summed E-state index contributed by atoms with van der Waals surface area (Å²) in [5.41, 5.74) is 7.77. The molecule has 0 fully saturated rings. The zero-order chi connectivity index (χ0) is 20.0. The summed E-state index contributed by atoms with van der Waals surface area (Å²) in [5.74, 6) is 0.594. The highest BCUT2D eigenvalue weighted by Crippen LogP contribution is 2.36. The van der Waals surface area contributed by atoms with E-state index in [1.54, 1.807) is 0 Å². The van der Waals surface area contributed by atoms with E-state index < -0.39 is 0 Å². The summed E-state index contributed by atoms with van der Waals surface area (Å²) in [4.78, 5) is 5.21. The molecule has 0 saturated heterocycles. The third kappa shape index (κ3) is 2.96. The van der Waals surface area contributed by atoms with E-state index in [0.29, 0.717) is 5.92 Å². The molecule has 0 spiro atoms. The van der Waals surface area contributed by atoms with Gasteiger partial charge in [-0.05, 0) is 65.6 Å². The molecule has 0 bridgehead atoms. The molecular weight excluding hydrogens is 340 g/mol. The normalized spacial score (nSPS) is 12.0. The van der Waals surface area contributed by atoms with Crippen LogP contribution >= 0.6 is 0 Å². The number of benzene rings is 3. The number of hydrogen-bond donors (Lipinski definition) is 0. The molecule has 1 heterocycles. The van der Waals surface area contributed by atoms with Gasteiger partial charge >= 0.3 is 0 Å². The lowest BCUT2D eigenvalue weighted by molar-refractivity contribution is -0.644. The van der Waals surface area contributed by atoms with E-state index in [1.165, 1.54) is 49.4 Å². The van der Waals surface area contributed by atoms with Gasteiger partial charge < -0.3 is 0 Å². The molecule has 144 valence electrons. The maximum atomic E-state index is 5.21. The van der Waals surface area contributed by atoms with Crippen molar-refractivity contribution in [3.8, 4) is 0 Å². The number of aromatic nitrogens is 2. The Kier molecular flexibility index (Phi) is 4.82. The molecule has 0 amide bonds. The molecule has 0 aliphatic carbocycles. The number of rotatable bonds is 4. The second kappa shape index (κ2) is 7.16. The molecule has 28 heavy (non-hydrogen) atoms. The summed E-state index contributed by atoms with van der Waals surface area (Å²) in [5, 5.41) is 5.30. The zero-order valence-corrected chi connectivity index (χ0v) is 18.1. The first-order valence-corrected chi connectivity index (χ1v) is 10.6. The molecule has 0 aliphatic rings. The maximum Gasteiger partial charge on any atom is 0.239 e. The van der Waals surface area contributed by atoms with Crippen molar-refractivity contribution in [1.82, 2.24) is 4.98 Å². The van der Waals surface area contributed by atoms with Gasteiger partial charge in [-0.3, -0.25) is 0 Å². The van der Waals surface area contributed by atoms with Crippen LogP contribution in [0.5, 0.6) is 0 Å². The Balaban J connectivity index is 2.26. The highest BCUT2D eigenvalue weighted by atomic mass is 15.0. The Morgan fingerprint density at radius 3 is 2.39 bits per heavy atom. The minimum atomic E-state index is 0.594. The predicted octanol–water partition coefficient (Wildman–Crippen LogP) is 6.00. The Hall–Kier alpha value is -2.48. The van der Waals surface area contributed by atoms with Gasteiger partial charge in [0.1, 0.15) is 18.3 Å². The summed E-state index contributed by atoms with van der Waals surface area (Å²) in [7, 11) is 2.18. The summed E-state index contributed by atoms with van der Waals surface area (Å²) < 4.78 is 2.31. The van der Waals surface area contributed by atoms with Crippen molar-refractivity contribution in [1.29, 1.82) is 0 Å². The van der Waals surface area contributed by atoms with Crippen molar-refractivity contribution in [3.05, 3.63) is 58.9 Å². The molecule has 4 rings (SSSR count). The highest BCUT2D eigenvalue weighted by molar-refractivity contribution is 6.23. The van der Waals surface area contributed by atoms with Crippen molar-refractivity contribution < 1.29 is 4.57 Å². The second-order valence-corrected chi connectivity index (χ2v) is 8.50. The van der Waals surface area contributed by atoms with Gasteiger partial charge in [-0.15, -0.1) is 0 Å². The van der Waals surface area contributed by atoms with Gasteiger partial charge in [0, 0.05) is 5.39 Å². The van der Waals surface area contributed by atoms with Crippen LogP contribution in [0.4, 0.5) is 0 Å². The molecule has 1 aromatic heterocycles. The molecule has 0 unspecified atom stereocenters. The van der Waals surface area contributed by atoms with Gasteiger partial charge in [0.2, 0.25) is 5.52 Å². The van der Waals surface area contributed by atoms with Crippen LogP contribution in [0.15, 0.2) is 36.5 Å². The van der Waals surface area contributed by atoms with Crippen LogP contribution in [-0.2, 0) is 26.3 Å². The lowest BCUT2D eigenvalue weighted by atomic mass is 9.92. The summed E-state index contributed by atoms with van der Waals surface area (Å²) in [6.07, 6.45) is 5.33. The molecule has 0 aliphatic heterocycles. The quantitative estimate of drug-likeness (QED) is 0.318. The first kappa shape index (κ1) is 18.9. The predicted molar refractivity (Wildman–Crippen MR) is 120 cm³/mol. The maximum absolute atomic E-state index is 5.21. The average Bonchev–Trinajstić information content (AvgIpc) is 2.67. The van der Waals surface area contributed by atoms with Crippen LogP contribution < -0.4 is 4.57 Å². The molecule has 0 atom stereocenters. The fraction of sp³-hybridized carbons (Fsp3) is 0.385. The minimum Gasteiger partial charge on any atom is -0.240 e. The second-order valence-electron chi connectivity index (χ2n) is 8.50. The van der Waals surface area contributed by atoms with Gasteiger partial charge in [-0.25, -0.2) is 4.98 Å². The van der Waals surface area contributed by atoms with Crippen molar-refractivity contribution in [2.24, 2.45) is 13.0 Å². The lowest BCUT2D eigenvalue weighted by Gasteiger charge is -2.14. The van der Waals surface area contributed by atoms with Crippen molar-refractivity contribution in [3.63, 3.8) is 0 Å². The zero-order valence-electron chi connectivity index (χ0n) is 18.1. The summed E-state index contributed by atoms with van der Waals surface area (Å²) in [6.45, 7) is 11.3. The van der Waals surface area contributed by atoms with Crippen LogP contribution in [-0.4, -0.2) is 4.98 Å². The van der Waals surface area contributed by atoms with E-state index in [9.17, 15) is 0 Å². The van der Waals surface area contributed by atoms with Crippen LogP contribution in [0.1, 0.15) is 50.1 Å². The molecular formula is C26H31N2+. The molecule has 2 heteroatoms. The monoisotopic (exact) mass is 371 g/mol. The Morgan fingerprint density at radius 2 is 1.71 bits per heavy atom. The first-order valence-electron chi connectivity index (χ1n) is 10.6. The SMILES string of the molecule is CCc1ccc2c(c1)c1nc(CC(C)C)c[n+](C)c1c1c(C)c(CC)ccc21. The van der Waals surface area contributed by atoms with Gasteiger partial charge in [0.05, 0.1) is 5.39 Å². The highest BCUT2D eigenvalue weighted by Gasteiger charge is 2.21. The van der Waals surface area contributed by atoms with E-state index in [4.69, 9.17) is 4.98 Å². The minimum absolute atomic E-state index is 0.594. The van der Waals surface area contributed by atoms with Gasteiger partial charge in [-0.2, -0.15) is 4.57 Å². The molecule has 4 aromatic rings. The van der Waals surface area contributed by atoms with Crippen LogP contribution in [0.3, 0.4) is 0 Å². The number of aryl methyl sites for hydroxylation is 4. The van der Waals surface area contributed by atoms with E-state index in [-0.39, 0.29) is 0 Å². The molecule has 3 aromatic carbocycles. The largest absolute Gasteiger partial charge is 0.240 e. The van der Waals surface area contributed by atoms with Crippen molar-refractivity contribution in [2.45, 2.75) is 53.9 Å². The van der Waals surface area contributed by atoms with Gasteiger partial charge in [0.15, 0.2) is 6.20 Å². The third-order valence-corrected chi connectivity index (χ3v) is 6.02. The van der Waals surface area contributed by atoms with Crippen LogP contribution in [0.25, 0.3) is 32.6 Å². The molecule has 0 radical (unpaired) electrons. The first-order chi connectivity index (χ1) is 13.4. The fourth-order valence-corrected chi connectivity index (χ4v) is 4.59. The smallest absolute Gasteiger partial charge is 0.239 e. The van der Waals surface area contributed by atoms with E-state index in [0.717, 1.165) is 24.8 Å². The van der Waals surface area contributed by atoms with E-state index >= 15 is 0 Å². The topological polar surface area (TPSA) is 16.8 Å². The molecule has 0 saturated carbocycles. The Labute approximate surface area is 168 Å². The lowest BCUT2D eigenvalue weighted by Crippen LogP contribution is -2.31. The fourth-order valence-electron chi connectivity index (χ4n) is 4.59. The Morgan fingerprint density at radius 1 is 0.964 bits per heavy atom. The summed E-state index contributed by atoms with van der Waals surface area (Å²) >= 11 is 0. The van der Waals surface area contributed by atoms with Crippen molar-refractivity contribution >= 4 is 32.6 Å².